The number of hydrogen-bond acceptors (Lipinski definition) is 2. The summed E-state index contributed by atoms with van der Waals surface area (Å²) in [6, 6.07) is 0. The lowest BCUT2D eigenvalue weighted by atomic mass is 9.79. The molecule has 0 spiro atoms. The Morgan fingerprint density at radius 3 is 2.16 bits per heavy atom. The van der Waals surface area contributed by atoms with Crippen LogP contribution in [0.1, 0.15) is 61.3 Å². The van der Waals surface area contributed by atoms with Crippen molar-refractivity contribution in [1.82, 2.24) is 10.2 Å². The van der Waals surface area contributed by atoms with Crippen LogP contribution in [-0.4, -0.2) is 34.3 Å². The monoisotopic (exact) mass is 268 g/mol. The Balaban J connectivity index is 3.04. The molecule has 0 bridgehead atoms. The van der Waals surface area contributed by atoms with E-state index in [0.717, 1.165) is 6.42 Å². The number of amides is 2. The third-order valence-electron chi connectivity index (χ3n) is 3.83. The summed E-state index contributed by atoms with van der Waals surface area (Å²) in [7, 11) is 0. The Labute approximate surface area is 116 Å². The third-order valence-corrected chi connectivity index (χ3v) is 3.83. The first-order valence-corrected chi connectivity index (χ1v) is 7.04. The topological polar surface area (TPSA) is 49.4 Å². The molecule has 1 atom stereocenters. The van der Waals surface area contributed by atoms with E-state index in [9.17, 15) is 9.59 Å². The van der Waals surface area contributed by atoms with Crippen molar-refractivity contribution in [3.63, 3.8) is 0 Å². The minimum Gasteiger partial charge on any atom is -0.340 e. The molecule has 1 aliphatic rings. The molecule has 1 N–H and O–H groups in total. The van der Waals surface area contributed by atoms with Crippen molar-refractivity contribution in [3.05, 3.63) is 0 Å². The van der Waals surface area contributed by atoms with Gasteiger partial charge in [-0.05, 0) is 39.0 Å². The second-order valence-electron chi connectivity index (χ2n) is 7.68. The van der Waals surface area contributed by atoms with Gasteiger partial charge in [-0.1, -0.05) is 27.7 Å². The molecular weight excluding hydrogens is 240 g/mol. The number of carbonyl (C=O) groups is 2. The summed E-state index contributed by atoms with van der Waals surface area (Å²) in [5, 5.41) is 2.83. The van der Waals surface area contributed by atoms with E-state index in [-0.39, 0.29) is 29.3 Å². The summed E-state index contributed by atoms with van der Waals surface area (Å²) in [6.45, 7) is 14.5. The zero-order chi connectivity index (χ0) is 15.1. The highest BCUT2D eigenvalue weighted by molar-refractivity contribution is 5.98. The number of nitrogens with one attached hydrogen (secondary N) is 1. The normalized spacial score (nSPS) is 25.5. The van der Waals surface area contributed by atoms with Crippen LogP contribution < -0.4 is 5.32 Å². The lowest BCUT2D eigenvalue weighted by molar-refractivity contribution is -0.156. The van der Waals surface area contributed by atoms with Gasteiger partial charge in [0.05, 0.1) is 0 Å². The molecule has 1 unspecified atom stereocenters. The fourth-order valence-electron chi connectivity index (χ4n) is 3.04. The first kappa shape index (κ1) is 16.0. The van der Waals surface area contributed by atoms with Gasteiger partial charge < -0.3 is 10.2 Å². The molecule has 0 radical (unpaired) electrons. The van der Waals surface area contributed by atoms with Gasteiger partial charge in [0.1, 0.15) is 12.1 Å². The molecule has 0 aliphatic carbocycles. The predicted molar refractivity (Wildman–Crippen MR) is 76.7 cm³/mol. The van der Waals surface area contributed by atoms with Gasteiger partial charge in [-0.2, -0.15) is 0 Å². The molecule has 1 saturated heterocycles. The molecule has 0 saturated carbocycles. The number of piperazine rings is 1. The van der Waals surface area contributed by atoms with Gasteiger partial charge in [-0.3, -0.25) is 9.59 Å². The van der Waals surface area contributed by atoms with E-state index in [1.807, 2.05) is 27.7 Å². The number of nitrogens with zero attached hydrogens (tertiary/aromatic N) is 1. The van der Waals surface area contributed by atoms with Crippen LogP contribution >= 0.6 is 0 Å². The molecule has 19 heavy (non-hydrogen) atoms. The van der Waals surface area contributed by atoms with Gasteiger partial charge in [-0.15, -0.1) is 0 Å². The minimum atomic E-state index is -0.759. The van der Waals surface area contributed by atoms with Crippen molar-refractivity contribution in [2.45, 2.75) is 72.4 Å². The zero-order valence-corrected chi connectivity index (χ0v) is 13.4. The van der Waals surface area contributed by atoms with Crippen LogP contribution in [0.5, 0.6) is 0 Å². The average Bonchev–Trinajstić information content (AvgIpc) is 2.19. The summed E-state index contributed by atoms with van der Waals surface area (Å²) in [4.78, 5) is 26.3. The highest BCUT2D eigenvalue weighted by Crippen LogP contribution is 2.34. The van der Waals surface area contributed by atoms with E-state index in [4.69, 9.17) is 0 Å². The standard InChI is InChI=1S/C15H28N2O2/c1-8-15(7)12(19)17(9-11(18)16-15)14(5,6)10-13(2,3)4/h8-10H2,1-7H3,(H,16,18). The molecule has 1 aliphatic heterocycles. The fourth-order valence-corrected chi connectivity index (χ4v) is 3.04. The maximum absolute atomic E-state index is 12.7. The van der Waals surface area contributed by atoms with Gasteiger partial charge >= 0.3 is 0 Å². The van der Waals surface area contributed by atoms with E-state index in [0.29, 0.717) is 6.42 Å². The molecule has 110 valence electrons. The second-order valence-corrected chi connectivity index (χ2v) is 7.68. The van der Waals surface area contributed by atoms with Crippen molar-refractivity contribution in [1.29, 1.82) is 0 Å². The number of hydrogen-bond donors (Lipinski definition) is 1. The van der Waals surface area contributed by atoms with Crippen LogP contribution in [0.25, 0.3) is 0 Å². The molecule has 0 aromatic rings. The van der Waals surface area contributed by atoms with Crippen LogP contribution in [0.2, 0.25) is 0 Å². The van der Waals surface area contributed by atoms with Crippen molar-refractivity contribution in [2.75, 3.05) is 6.54 Å². The van der Waals surface area contributed by atoms with Crippen molar-refractivity contribution in [3.8, 4) is 0 Å². The van der Waals surface area contributed by atoms with Crippen LogP contribution in [0.3, 0.4) is 0 Å². The Morgan fingerprint density at radius 1 is 1.21 bits per heavy atom. The Hall–Kier alpha value is -1.06. The molecule has 1 heterocycles. The maximum Gasteiger partial charge on any atom is 0.248 e. The first-order valence-electron chi connectivity index (χ1n) is 7.04. The number of rotatable bonds is 3. The largest absolute Gasteiger partial charge is 0.340 e. The molecule has 2 amide bonds. The maximum atomic E-state index is 12.7. The average molecular weight is 268 g/mol. The summed E-state index contributed by atoms with van der Waals surface area (Å²) in [6.07, 6.45) is 1.47. The molecular formula is C15H28N2O2. The first-order chi connectivity index (χ1) is 8.41. The quantitative estimate of drug-likeness (QED) is 0.854. The predicted octanol–water partition coefficient (Wildman–Crippen LogP) is 2.33. The molecule has 0 aromatic heterocycles. The van der Waals surface area contributed by atoms with Gasteiger partial charge in [0.25, 0.3) is 0 Å². The summed E-state index contributed by atoms with van der Waals surface area (Å²) < 4.78 is 0. The summed E-state index contributed by atoms with van der Waals surface area (Å²) >= 11 is 0. The SMILES string of the molecule is CCC1(C)NC(=O)CN(C(C)(C)CC(C)(C)C)C1=O. The van der Waals surface area contributed by atoms with E-state index in [1.165, 1.54) is 0 Å². The second kappa shape index (κ2) is 4.80. The highest BCUT2D eigenvalue weighted by atomic mass is 16.2. The van der Waals surface area contributed by atoms with Crippen molar-refractivity contribution in [2.24, 2.45) is 5.41 Å². The Bertz CT molecular complexity index is 382. The lowest BCUT2D eigenvalue weighted by Gasteiger charge is -2.48. The molecule has 4 heteroatoms. The molecule has 4 nitrogen and oxygen atoms in total. The van der Waals surface area contributed by atoms with E-state index in [1.54, 1.807) is 4.90 Å². The lowest BCUT2D eigenvalue weighted by Crippen LogP contribution is -2.69. The molecule has 1 fully saturated rings. The van der Waals surface area contributed by atoms with Crippen molar-refractivity contribution >= 4 is 11.8 Å². The highest BCUT2D eigenvalue weighted by Gasteiger charge is 2.47. The molecule has 1 rings (SSSR count). The van der Waals surface area contributed by atoms with Crippen molar-refractivity contribution < 1.29 is 9.59 Å². The van der Waals surface area contributed by atoms with Gasteiger partial charge in [0.15, 0.2) is 0 Å². The van der Waals surface area contributed by atoms with E-state index in [2.05, 4.69) is 26.1 Å². The Kier molecular flexibility index (Phi) is 4.04. The summed E-state index contributed by atoms with van der Waals surface area (Å²) in [5.74, 6) is -0.0326. The van der Waals surface area contributed by atoms with Crippen LogP contribution in [-0.2, 0) is 9.59 Å². The van der Waals surface area contributed by atoms with Crippen LogP contribution in [0, 0.1) is 5.41 Å². The zero-order valence-electron chi connectivity index (χ0n) is 13.4. The van der Waals surface area contributed by atoms with Crippen LogP contribution in [0.4, 0.5) is 0 Å². The van der Waals surface area contributed by atoms with Crippen LogP contribution in [0.15, 0.2) is 0 Å². The fraction of sp³-hybridized carbons (Fsp3) is 0.867. The minimum absolute atomic E-state index is 0.0313. The molecule has 0 aromatic carbocycles. The van der Waals surface area contributed by atoms with Gasteiger partial charge in [-0.25, -0.2) is 0 Å². The van der Waals surface area contributed by atoms with E-state index >= 15 is 0 Å². The van der Waals surface area contributed by atoms with E-state index < -0.39 is 5.54 Å². The number of carbonyl (C=O) groups excluding carboxylic acids is 2. The van der Waals surface area contributed by atoms with Gasteiger partial charge in [0, 0.05) is 5.54 Å². The third kappa shape index (κ3) is 3.48. The smallest absolute Gasteiger partial charge is 0.248 e. The Morgan fingerprint density at radius 2 is 1.74 bits per heavy atom. The van der Waals surface area contributed by atoms with Gasteiger partial charge in [0.2, 0.25) is 11.8 Å². The summed E-state index contributed by atoms with van der Waals surface area (Å²) in [5.41, 5.74) is -0.964.